The number of ether oxygens (including phenoxy) is 3. The minimum atomic E-state index is -0.257. The summed E-state index contributed by atoms with van der Waals surface area (Å²) in [6.07, 6.45) is 7.04. The normalized spacial score (nSPS) is 15.8. The molecular weight excluding hydrogens is 468 g/mol. The van der Waals surface area contributed by atoms with Crippen LogP contribution in [0.2, 0.25) is 0 Å². The third kappa shape index (κ3) is 4.99. The van der Waals surface area contributed by atoms with Gasteiger partial charge in [-0.2, -0.15) is 0 Å². The summed E-state index contributed by atoms with van der Waals surface area (Å²) in [7, 11) is 3.12. The van der Waals surface area contributed by atoms with Crippen LogP contribution in [0, 0.1) is 19.3 Å². The number of amidine groups is 1. The number of carbonyl (C=O) groups is 1. The van der Waals surface area contributed by atoms with Crippen molar-refractivity contribution in [3.63, 3.8) is 0 Å². The Hall–Kier alpha value is -2.89. The Morgan fingerprint density at radius 2 is 2.00 bits per heavy atom. The van der Waals surface area contributed by atoms with E-state index in [0.717, 1.165) is 10.0 Å². The summed E-state index contributed by atoms with van der Waals surface area (Å²) in [6, 6.07) is 9.27. The number of thioether (sulfide) groups is 1. The number of benzene rings is 2. The van der Waals surface area contributed by atoms with Crippen LogP contribution in [0.25, 0.3) is 6.08 Å². The first kappa shape index (κ1) is 21.8. The van der Waals surface area contributed by atoms with E-state index in [0.29, 0.717) is 38.6 Å². The van der Waals surface area contributed by atoms with Crippen LogP contribution in [0.15, 0.2) is 44.7 Å². The van der Waals surface area contributed by atoms with Crippen molar-refractivity contribution in [1.29, 1.82) is 0 Å². The van der Waals surface area contributed by atoms with Gasteiger partial charge in [-0.3, -0.25) is 4.79 Å². The van der Waals surface area contributed by atoms with E-state index < -0.39 is 0 Å². The molecule has 0 unspecified atom stereocenters. The van der Waals surface area contributed by atoms with Crippen LogP contribution in [-0.4, -0.2) is 31.9 Å². The largest absolute Gasteiger partial charge is 0.494 e. The minimum absolute atomic E-state index is 0.0768. The number of hydrogen-bond donors (Lipinski definition) is 1. The standard InChI is InChI=1S/C22H19BrN2O4S/c1-5-8-29-20-14(10-15(23)12-18(20)28-4)11-19-21(26)25-22(30-19)24-16-9-13(2)6-7-17(16)27-3/h1,6-7,9-12H,8H2,2-4H3,(H,24,25,26)/b19-11-. The van der Waals surface area contributed by atoms with Crippen molar-refractivity contribution in [3.8, 4) is 29.6 Å². The van der Waals surface area contributed by atoms with Gasteiger partial charge in [-0.25, -0.2) is 4.99 Å². The van der Waals surface area contributed by atoms with Gasteiger partial charge in [-0.1, -0.05) is 27.9 Å². The van der Waals surface area contributed by atoms with Gasteiger partial charge in [0.05, 0.1) is 19.1 Å². The highest BCUT2D eigenvalue weighted by Gasteiger charge is 2.25. The summed E-state index contributed by atoms with van der Waals surface area (Å²) >= 11 is 4.68. The molecule has 0 aromatic heterocycles. The molecule has 1 heterocycles. The fourth-order valence-electron chi connectivity index (χ4n) is 2.73. The molecule has 0 radical (unpaired) electrons. The Morgan fingerprint density at radius 3 is 2.70 bits per heavy atom. The molecule has 0 bridgehead atoms. The molecule has 6 nitrogen and oxygen atoms in total. The summed E-state index contributed by atoms with van der Waals surface area (Å²) in [5.74, 6) is 3.78. The number of hydrogen-bond acceptors (Lipinski definition) is 6. The first-order chi connectivity index (χ1) is 14.4. The van der Waals surface area contributed by atoms with Gasteiger partial charge in [0, 0.05) is 10.0 Å². The maximum absolute atomic E-state index is 12.5. The predicted molar refractivity (Wildman–Crippen MR) is 124 cm³/mol. The Morgan fingerprint density at radius 1 is 1.23 bits per heavy atom. The van der Waals surface area contributed by atoms with Crippen LogP contribution in [0.4, 0.5) is 5.69 Å². The zero-order chi connectivity index (χ0) is 21.7. The van der Waals surface area contributed by atoms with E-state index >= 15 is 0 Å². The molecule has 1 saturated heterocycles. The van der Waals surface area contributed by atoms with Crippen LogP contribution in [0.1, 0.15) is 11.1 Å². The maximum Gasteiger partial charge on any atom is 0.264 e. The van der Waals surface area contributed by atoms with E-state index in [2.05, 4.69) is 32.2 Å². The lowest BCUT2D eigenvalue weighted by molar-refractivity contribution is -0.115. The fourth-order valence-corrected chi connectivity index (χ4v) is 4.01. The topological polar surface area (TPSA) is 69.2 Å². The highest BCUT2D eigenvalue weighted by molar-refractivity contribution is 9.10. The second kappa shape index (κ2) is 9.74. The number of methoxy groups -OCH3 is 2. The summed E-state index contributed by atoms with van der Waals surface area (Å²) < 4.78 is 17.2. The van der Waals surface area contributed by atoms with E-state index in [9.17, 15) is 4.79 Å². The molecule has 0 atom stereocenters. The minimum Gasteiger partial charge on any atom is -0.494 e. The number of carbonyl (C=O) groups excluding carboxylic acids is 1. The summed E-state index contributed by atoms with van der Waals surface area (Å²) in [4.78, 5) is 17.5. The zero-order valence-corrected chi connectivity index (χ0v) is 19.0. The molecule has 1 N–H and O–H groups in total. The van der Waals surface area contributed by atoms with E-state index in [-0.39, 0.29) is 12.5 Å². The number of amides is 1. The molecule has 3 rings (SSSR count). The second-order valence-corrected chi connectivity index (χ2v) is 8.12. The SMILES string of the molecule is C#CCOc1c(/C=C2\SC(=Nc3cc(C)ccc3OC)NC2=O)cc(Br)cc1OC. The lowest BCUT2D eigenvalue weighted by Crippen LogP contribution is -2.19. The van der Waals surface area contributed by atoms with Gasteiger partial charge in [-0.15, -0.1) is 6.42 Å². The number of aliphatic imine (C=N–C) groups is 1. The molecule has 1 fully saturated rings. The smallest absolute Gasteiger partial charge is 0.264 e. The molecule has 1 aliphatic heterocycles. The van der Waals surface area contributed by atoms with Crippen molar-refractivity contribution in [2.24, 2.45) is 4.99 Å². The van der Waals surface area contributed by atoms with E-state index in [1.54, 1.807) is 26.4 Å². The molecule has 154 valence electrons. The number of nitrogens with zero attached hydrogens (tertiary/aromatic N) is 1. The average Bonchev–Trinajstić information content (AvgIpc) is 3.05. The van der Waals surface area contributed by atoms with Crippen molar-refractivity contribution in [1.82, 2.24) is 5.32 Å². The predicted octanol–water partition coefficient (Wildman–Crippen LogP) is 4.68. The van der Waals surface area contributed by atoms with E-state index in [4.69, 9.17) is 20.6 Å². The van der Waals surface area contributed by atoms with Gasteiger partial charge >= 0.3 is 0 Å². The summed E-state index contributed by atoms with van der Waals surface area (Å²) in [5.41, 5.74) is 2.34. The molecule has 0 saturated carbocycles. The van der Waals surface area contributed by atoms with Crippen molar-refractivity contribution >= 4 is 50.5 Å². The lowest BCUT2D eigenvalue weighted by atomic mass is 10.1. The number of halogens is 1. The van der Waals surface area contributed by atoms with E-state index in [1.165, 1.54) is 11.8 Å². The van der Waals surface area contributed by atoms with Crippen molar-refractivity contribution < 1.29 is 19.0 Å². The summed E-state index contributed by atoms with van der Waals surface area (Å²) in [5, 5.41) is 3.24. The van der Waals surface area contributed by atoms with Crippen LogP contribution < -0.4 is 19.5 Å². The second-order valence-electron chi connectivity index (χ2n) is 6.18. The maximum atomic E-state index is 12.5. The number of terminal acetylenes is 1. The third-order valence-electron chi connectivity index (χ3n) is 4.06. The van der Waals surface area contributed by atoms with Crippen molar-refractivity contribution in [2.45, 2.75) is 6.92 Å². The molecule has 2 aromatic carbocycles. The number of nitrogens with one attached hydrogen (secondary N) is 1. The van der Waals surface area contributed by atoms with Crippen molar-refractivity contribution in [2.75, 3.05) is 20.8 Å². The Bertz CT molecular complexity index is 1090. The quantitative estimate of drug-likeness (QED) is 0.474. The molecule has 2 aromatic rings. The van der Waals surface area contributed by atoms with Crippen molar-refractivity contribution in [3.05, 3.63) is 50.8 Å². The first-order valence-corrected chi connectivity index (χ1v) is 10.4. The van der Waals surface area contributed by atoms with Gasteiger partial charge in [0.15, 0.2) is 16.7 Å². The molecule has 1 amide bonds. The highest BCUT2D eigenvalue weighted by atomic mass is 79.9. The Balaban J connectivity index is 1.97. The van der Waals surface area contributed by atoms with Gasteiger partial charge in [0.25, 0.3) is 5.91 Å². The monoisotopic (exact) mass is 486 g/mol. The van der Waals surface area contributed by atoms with Gasteiger partial charge in [0.1, 0.15) is 18.0 Å². The van der Waals surface area contributed by atoms with Gasteiger partial charge in [0.2, 0.25) is 0 Å². The third-order valence-corrected chi connectivity index (χ3v) is 5.43. The molecular formula is C22H19BrN2O4S. The van der Waals surface area contributed by atoms with Gasteiger partial charge in [-0.05, 0) is 54.6 Å². The Kier molecular flexibility index (Phi) is 7.08. The molecule has 0 aliphatic carbocycles. The molecule has 0 spiro atoms. The van der Waals surface area contributed by atoms with Crippen LogP contribution in [-0.2, 0) is 4.79 Å². The van der Waals surface area contributed by atoms with E-state index in [1.807, 2.05) is 31.2 Å². The lowest BCUT2D eigenvalue weighted by Gasteiger charge is -2.12. The average molecular weight is 487 g/mol. The number of rotatable bonds is 6. The molecule has 1 aliphatic rings. The van der Waals surface area contributed by atoms with Crippen LogP contribution >= 0.6 is 27.7 Å². The molecule has 30 heavy (non-hydrogen) atoms. The number of aryl methyl sites for hydroxylation is 1. The van der Waals surface area contributed by atoms with Crippen LogP contribution in [0.5, 0.6) is 17.2 Å². The first-order valence-electron chi connectivity index (χ1n) is 8.83. The zero-order valence-electron chi connectivity index (χ0n) is 16.6. The molecule has 8 heteroatoms. The van der Waals surface area contributed by atoms with Gasteiger partial charge < -0.3 is 19.5 Å². The fraction of sp³-hybridized carbons (Fsp3) is 0.182. The van der Waals surface area contributed by atoms with Crippen LogP contribution in [0.3, 0.4) is 0 Å². The highest BCUT2D eigenvalue weighted by Crippen LogP contribution is 2.38. The Labute approximate surface area is 187 Å². The summed E-state index contributed by atoms with van der Waals surface area (Å²) in [6.45, 7) is 2.04.